The van der Waals surface area contributed by atoms with Gasteiger partial charge >= 0.3 is 0 Å². The summed E-state index contributed by atoms with van der Waals surface area (Å²) >= 11 is 0. The smallest absolute Gasteiger partial charge is 0.251 e. The third-order valence-corrected chi connectivity index (χ3v) is 3.96. The molecule has 5 nitrogen and oxygen atoms in total. The first kappa shape index (κ1) is 17.4. The number of carbonyl (C=O) groups excluding carboxylic acids is 2. The Balaban J connectivity index is 2.10. The van der Waals surface area contributed by atoms with Crippen molar-refractivity contribution in [2.24, 2.45) is 5.92 Å². The van der Waals surface area contributed by atoms with Gasteiger partial charge in [-0.1, -0.05) is 0 Å². The van der Waals surface area contributed by atoms with Crippen molar-refractivity contribution in [3.8, 4) is 0 Å². The fraction of sp³-hybridized carbons (Fsp3) is 0.529. The summed E-state index contributed by atoms with van der Waals surface area (Å²) in [6, 6.07) is 4.76. The Hall–Kier alpha value is -1.95. The molecule has 0 spiro atoms. The van der Waals surface area contributed by atoms with Crippen LogP contribution in [0, 0.1) is 11.7 Å². The van der Waals surface area contributed by atoms with Crippen molar-refractivity contribution in [1.82, 2.24) is 16.0 Å². The summed E-state index contributed by atoms with van der Waals surface area (Å²) in [6.07, 6.45) is 1.67. The number of rotatable bonds is 5. The van der Waals surface area contributed by atoms with E-state index in [1.54, 1.807) is 0 Å². The number of carbonyl (C=O) groups is 2. The minimum atomic E-state index is -0.572. The molecule has 1 heterocycles. The standard InChI is InChI=1S/C17H24FN3O2/c1-11(2)20-17(23)15(12-7-9-19-10-8-12)21-16(22)13-3-5-14(18)6-4-13/h3-6,11-12,15,19H,7-10H2,1-2H3,(H,20,23)(H,21,22). The number of hydrogen-bond acceptors (Lipinski definition) is 3. The van der Waals surface area contributed by atoms with Crippen LogP contribution in [0.1, 0.15) is 37.0 Å². The van der Waals surface area contributed by atoms with Gasteiger partial charge in [0.15, 0.2) is 0 Å². The maximum absolute atomic E-state index is 13.0. The van der Waals surface area contributed by atoms with Gasteiger partial charge in [0.2, 0.25) is 5.91 Å². The van der Waals surface area contributed by atoms with E-state index >= 15 is 0 Å². The van der Waals surface area contributed by atoms with Gasteiger partial charge in [-0.15, -0.1) is 0 Å². The fourth-order valence-electron chi connectivity index (χ4n) is 2.78. The average molecular weight is 321 g/mol. The molecule has 1 fully saturated rings. The molecule has 126 valence electrons. The maximum Gasteiger partial charge on any atom is 0.251 e. The first-order valence-corrected chi connectivity index (χ1v) is 8.05. The van der Waals surface area contributed by atoms with E-state index in [0.29, 0.717) is 5.56 Å². The third-order valence-electron chi connectivity index (χ3n) is 3.96. The summed E-state index contributed by atoms with van der Waals surface area (Å²) in [5, 5.41) is 8.95. The van der Waals surface area contributed by atoms with Gasteiger partial charge in [0.05, 0.1) is 0 Å². The normalized spacial score (nSPS) is 16.9. The number of hydrogen-bond donors (Lipinski definition) is 3. The summed E-state index contributed by atoms with van der Waals surface area (Å²) in [5.74, 6) is -0.816. The lowest BCUT2D eigenvalue weighted by molar-refractivity contribution is -0.125. The van der Waals surface area contributed by atoms with Gasteiger partial charge in [-0.25, -0.2) is 4.39 Å². The van der Waals surface area contributed by atoms with Gasteiger partial charge in [-0.3, -0.25) is 9.59 Å². The van der Waals surface area contributed by atoms with Crippen LogP contribution in [0.25, 0.3) is 0 Å². The molecule has 1 aliphatic rings. The van der Waals surface area contributed by atoms with Crippen molar-refractivity contribution >= 4 is 11.8 Å². The predicted molar refractivity (Wildman–Crippen MR) is 86.5 cm³/mol. The second-order valence-electron chi connectivity index (χ2n) is 6.21. The van der Waals surface area contributed by atoms with E-state index in [2.05, 4.69) is 16.0 Å². The first-order chi connectivity index (χ1) is 11.0. The predicted octanol–water partition coefficient (Wildman–Crippen LogP) is 1.45. The lowest BCUT2D eigenvalue weighted by Crippen LogP contribution is -2.54. The average Bonchev–Trinajstić information content (AvgIpc) is 2.53. The van der Waals surface area contributed by atoms with Gasteiger partial charge in [-0.05, 0) is 70.0 Å². The van der Waals surface area contributed by atoms with Crippen LogP contribution >= 0.6 is 0 Å². The van der Waals surface area contributed by atoms with Crippen LogP contribution in [-0.2, 0) is 4.79 Å². The monoisotopic (exact) mass is 321 g/mol. The molecule has 0 aliphatic carbocycles. The van der Waals surface area contributed by atoms with E-state index < -0.39 is 11.9 Å². The fourth-order valence-corrected chi connectivity index (χ4v) is 2.78. The molecule has 0 bridgehead atoms. The molecule has 23 heavy (non-hydrogen) atoms. The van der Waals surface area contributed by atoms with E-state index in [9.17, 15) is 14.0 Å². The van der Waals surface area contributed by atoms with Gasteiger partial charge in [0.1, 0.15) is 11.9 Å². The van der Waals surface area contributed by atoms with E-state index in [-0.39, 0.29) is 23.8 Å². The van der Waals surface area contributed by atoms with Crippen LogP contribution in [0.5, 0.6) is 0 Å². The zero-order valence-corrected chi connectivity index (χ0v) is 13.6. The Morgan fingerprint density at radius 1 is 1.13 bits per heavy atom. The van der Waals surface area contributed by atoms with Crippen LogP contribution in [0.4, 0.5) is 4.39 Å². The van der Waals surface area contributed by atoms with Gasteiger partial charge in [0, 0.05) is 11.6 Å². The molecule has 1 atom stereocenters. The van der Waals surface area contributed by atoms with Crippen molar-refractivity contribution in [1.29, 1.82) is 0 Å². The van der Waals surface area contributed by atoms with Gasteiger partial charge < -0.3 is 16.0 Å². The van der Waals surface area contributed by atoms with E-state index in [0.717, 1.165) is 25.9 Å². The SMILES string of the molecule is CC(C)NC(=O)C(NC(=O)c1ccc(F)cc1)C1CCNCC1. The Kier molecular flexibility index (Phi) is 6.10. The Morgan fingerprint density at radius 2 is 1.74 bits per heavy atom. The molecular weight excluding hydrogens is 297 g/mol. The van der Waals surface area contributed by atoms with Crippen LogP contribution in [0.15, 0.2) is 24.3 Å². The summed E-state index contributed by atoms with van der Waals surface area (Å²) < 4.78 is 13.0. The molecule has 1 unspecified atom stereocenters. The topological polar surface area (TPSA) is 70.2 Å². The molecule has 1 saturated heterocycles. The molecule has 2 amide bonds. The summed E-state index contributed by atoms with van der Waals surface area (Å²) in [5.41, 5.74) is 0.350. The molecule has 0 saturated carbocycles. The highest BCUT2D eigenvalue weighted by Crippen LogP contribution is 2.17. The quantitative estimate of drug-likeness (QED) is 0.769. The molecule has 3 N–H and O–H groups in total. The zero-order chi connectivity index (χ0) is 16.8. The minimum absolute atomic E-state index is 0.00874. The second kappa shape index (κ2) is 8.06. The highest BCUT2D eigenvalue weighted by atomic mass is 19.1. The van der Waals surface area contributed by atoms with Crippen LogP contribution in [-0.4, -0.2) is 37.0 Å². The van der Waals surface area contributed by atoms with E-state index in [1.807, 2.05) is 13.8 Å². The summed E-state index contributed by atoms with van der Waals surface area (Å²) in [6.45, 7) is 5.45. The molecule has 1 aromatic carbocycles. The number of amides is 2. The second-order valence-corrected chi connectivity index (χ2v) is 6.21. The molecule has 1 aliphatic heterocycles. The van der Waals surface area contributed by atoms with Crippen LogP contribution < -0.4 is 16.0 Å². The number of benzene rings is 1. The summed E-state index contributed by atoms with van der Waals surface area (Å²) in [4.78, 5) is 24.8. The molecular formula is C17H24FN3O2. The maximum atomic E-state index is 13.0. The van der Waals surface area contributed by atoms with Crippen molar-refractivity contribution in [3.63, 3.8) is 0 Å². The Bertz CT molecular complexity index is 539. The Labute approximate surface area is 136 Å². The summed E-state index contributed by atoms with van der Waals surface area (Å²) in [7, 11) is 0. The first-order valence-electron chi connectivity index (χ1n) is 8.05. The number of halogens is 1. The highest BCUT2D eigenvalue weighted by molar-refractivity contribution is 5.97. The number of piperidine rings is 1. The Morgan fingerprint density at radius 3 is 2.30 bits per heavy atom. The minimum Gasteiger partial charge on any atom is -0.352 e. The lowest BCUT2D eigenvalue weighted by atomic mass is 9.89. The van der Waals surface area contributed by atoms with E-state index in [4.69, 9.17) is 0 Å². The molecule has 6 heteroatoms. The van der Waals surface area contributed by atoms with Gasteiger partial charge in [-0.2, -0.15) is 0 Å². The molecule has 1 aromatic rings. The van der Waals surface area contributed by atoms with Gasteiger partial charge in [0.25, 0.3) is 5.91 Å². The largest absolute Gasteiger partial charge is 0.352 e. The van der Waals surface area contributed by atoms with Crippen LogP contribution in [0.2, 0.25) is 0 Å². The molecule has 2 rings (SSSR count). The zero-order valence-electron chi connectivity index (χ0n) is 13.6. The lowest BCUT2D eigenvalue weighted by Gasteiger charge is -2.31. The molecule has 0 aromatic heterocycles. The van der Waals surface area contributed by atoms with Crippen molar-refractivity contribution in [2.75, 3.05) is 13.1 Å². The van der Waals surface area contributed by atoms with Crippen molar-refractivity contribution in [3.05, 3.63) is 35.6 Å². The molecule has 0 radical (unpaired) electrons. The van der Waals surface area contributed by atoms with Crippen molar-refractivity contribution in [2.45, 2.75) is 38.8 Å². The highest BCUT2D eigenvalue weighted by Gasteiger charge is 2.31. The van der Waals surface area contributed by atoms with Crippen molar-refractivity contribution < 1.29 is 14.0 Å². The number of nitrogens with one attached hydrogen (secondary N) is 3. The van der Waals surface area contributed by atoms with E-state index in [1.165, 1.54) is 24.3 Å². The van der Waals surface area contributed by atoms with Crippen LogP contribution in [0.3, 0.4) is 0 Å². The third kappa shape index (κ3) is 5.03.